The van der Waals surface area contributed by atoms with Crippen molar-refractivity contribution in [3.63, 3.8) is 0 Å². The van der Waals surface area contributed by atoms with Crippen LogP contribution in [0.5, 0.6) is 5.75 Å². The van der Waals surface area contributed by atoms with Gasteiger partial charge in [0.25, 0.3) is 0 Å². The number of hydrogen-bond donors (Lipinski definition) is 2. The number of ether oxygens (including phenoxy) is 3. The number of aliphatic hydroxyl groups excluding tert-OH is 1. The number of rotatable bonds is 16. The normalized spacial score (nSPS) is 25.0. The van der Waals surface area contributed by atoms with Crippen molar-refractivity contribution < 1.29 is 19.3 Å². The summed E-state index contributed by atoms with van der Waals surface area (Å²) in [6.07, 6.45) is 18.2. The summed E-state index contributed by atoms with van der Waals surface area (Å²) < 4.78 is 17.5. The molecule has 14 heteroatoms. The van der Waals surface area contributed by atoms with Crippen LogP contribution in [0, 0.1) is 35.0 Å². The predicted octanol–water partition coefficient (Wildman–Crippen LogP) is 13.8. The van der Waals surface area contributed by atoms with Gasteiger partial charge in [0.05, 0.1) is 36.8 Å². The molecular formula is C73H146N10O4. The Morgan fingerprint density at radius 3 is 1.61 bits per heavy atom. The van der Waals surface area contributed by atoms with E-state index in [1.807, 2.05) is 20.8 Å². The van der Waals surface area contributed by atoms with E-state index in [1.54, 1.807) is 12.4 Å². The molecule has 1 aromatic rings. The van der Waals surface area contributed by atoms with Crippen molar-refractivity contribution in [3.8, 4) is 5.75 Å². The highest BCUT2D eigenvalue weighted by molar-refractivity contribution is 5.32. The van der Waals surface area contributed by atoms with Crippen molar-refractivity contribution in [1.82, 2.24) is 44.7 Å². The summed E-state index contributed by atoms with van der Waals surface area (Å²) in [7, 11) is 0. The summed E-state index contributed by atoms with van der Waals surface area (Å²) in [5.74, 6) is 5.65. The zero-order valence-corrected chi connectivity index (χ0v) is 61.9. The molecule has 5 saturated heterocycles. The van der Waals surface area contributed by atoms with E-state index in [0.717, 1.165) is 106 Å². The zero-order chi connectivity index (χ0) is 65.4. The molecule has 8 rings (SSSR count). The molecule has 0 amide bonds. The SMILES string of the molecule is CC(C)(C)CCCCN1C[C@H]2C[C@@H]1CN2C(C)(C)C.CC(C)(C)N1CCN(C2CCC(CCO)C2)CC1.CC(C)(C)OCC1CCC(CN2CCNCC2)C1.CC(C)(C)OCCN1CCN(c2ncc(OC(C)(C)C)cn2)CC1.CC(C)C.CC(C)C. The highest BCUT2D eigenvalue weighted by Gasteiger charge is 2.46. The Kier molecular flexibility index (Phi) is 34.6. The molecule has 2 saturated carbocycles. The van der Waals surface area contributed by atoms with E-state index in [-0.39, 0.29) is 16.8 Å². The van der Waals surface area contributed by atoms with E-state index in [1.165, 1.54) is 143 Å². The summed E-state index contributed by atoms with van der Waals surface area (Å²) in [4.78, 5) is 27.0. The lowest BCUT2D eigenvalue weighted by atomic mass is 9.90. The van der Waals surface area contributed by atoms with Crippen LogP contribution < -0.4 is 15.0 Å². The first-order valence-corrected chi connectivity index (χ1v) is 35.6. The smallest absolute Gasteiger partial charge is 0.225 e. The Hall–Kier alpha value is -1.72. The first-order chi connectivity index (χ1) is 40.3. The third-order valence-corrected chi connectivity index (χ3v) is 17.4. The lowest BCUT2D eigenvalue weighted by Crippen LogP contribution is -2.55. The van der Waals surface area contributed by atoms with Crippen LogP contribution in [0.2, 0.25) is 0 Å². The maximum Gasteiger partial charge on any atom is 0.225 e. The van der Waals surface area contributed by atoms with Gasteiger partial charge in [-0.2, -0.15) is 0 Å². The Bertz CT molecular complexity index is 1900. The molecule has 1 aromatic heterocycles. The molecule has 512 valence electrons. The predicted molar refractivity (Wildman–Crippen MR) is 373 cm³/mol. The third kappa shape index (κ3) is 35.2. The molecule has 6 heterocycles. The Morgan fingerprint density at radius 1 is 0.552 bits per heavy atom. The molecule has 7 fully saturated rings. The molecule has 2 N–H and O–H groups in total. The molecule has 2 aliphatic carbocycles. The first-order valence-electron chi connectivity index (χ1n) is 35.6. The van der Waals surface area contributed by atoms with E-state index in [0.29, 0.717) is 28.8 Å². The van der Waals surface area contributed by atoms with E-state index in [9.17, 15) is 0 Å². The summed E-state index contributed by atoms with van der Waals surface area (Å²) >= 11 is 0. The average Bonchev–Trinajstić information content (AvgIpc) is 1.69. The fraction of sp³-hybridized carbons (Fsp3) is 0.945. The fourth-order valence-corrected chi connectivity index (χ4v) is 13.1. The van der Waals surface area contributed by atoms with Crippen LogP contribution in [0.25, 0.3) is 0 Å². The number of likely N-dealkylation sites (tertiary alicyclic amines) is 2. The number of aromatic nitrogens is 2. The van der Waals surface area contributed by atoms with Gasteiger partial charge in [0.2, 0.25) is 5.95 Å². The second-order valence-corrected chi connectivity index (χ2v) is 34.6. The number of nitrogens with zero attached hydrogens (tertiary/aromatic N) is 9. The van der Waals surface area contributed by atoms with Gasteiger partial charge in [0.15, 0.2) is 5.75 Å². The Morgan fingerprint density at radius 2 is 1.11 bits per heavy atom. The molecular weight excluding hydrogens is 1080 g/mol. The molecule has 5 aliphatic heterocycles. The van der Waals surface area contributed by atoms with Gasteiger partial charge in [-0.1, -0.05) is 68.7 Å². The highest BCUT2D eigenvalue weighted by atomic mass is 16.5. The monoisotopic (exact) mass is 1230 g/mol. The molecule has 0 radical (unpaired) electrons. The van der Waals surface area contributed by atoms with Crippen LogP contribution in [-0.2, 0) is 9.47 Å². The minimum atomic E-state index is -0.231. The van der Waals surface area contributed by atoms with Crippen LogP contribution >= 0.6 is 0 Å². The number of nitrogens with one attached hydrogen (secondary N) is 1. The molecule has 14 nitrogen and oxygen atoms in total. The van der Waals surface area contributed by atoms with Crippen LogP contribution in [0.1, 0.15) is 237 Å². The number of piperazine rings is 4. The maximum atomic E-state index is 9.03. The highest BCUT2D eigenvalue weighted by Crippen LogP contribution is 2.37. The Labute approximate surface area is 539 Å². The van der Waals surface area contributed by atoms with E-state index >= 15 is 0 Å². The van der Waals surface area contributed by atoms with Gasteiger partial charge in [-0.15, -0.1) is 0 Å². The van der Waals surface area contributed by atoms with Crippen molar-refractivity contribution in [2.45, 2.75) is 283 Å². The number of unbranched alkanes of at least 4 members (excludes halogenated alkanes) is 1. The van der Waals surface area contributed by atoms with E-state index in [4.69, 9.17) is 19.3 Å². The number of fused-ring (bicyclic) bond motifs is 2. The summed E-state index contributed by atoms with van der Waals surface area (Å²) in [6.45, 7) is 74.8. The van der Waals surface area contributed by atoms with Gasteiger partial charge in [0.1, 0.15) is 5.60 Å². The van der Waals surface area contributed by atoms with Gasteiger partial charge in [-0.05, 0) is 210 Å². The van der Waals surface area contributed by atoms with Crippen molar-refractivity contribution in [2.24, 2.45) is 35.0 Å². The van der Waals surface area contributed by atoms with Gasteiger partial charge in [-0.25, -0.2) is 9.97 Å². The minimum absolute atomic E-state index is 0.0244. The van der Waals surface area contributed by atoms with E-state index < -0.39 is 0 Å². The van der Waals surface area contributed by atoms with Crippen molar-refractivity contribution in [1.29, 1.82) is 0 Å². The van der Waals surface area contributed by atoms with Gasteiger partial charge in [-0.3, -0.25) is 24.5 Å². The molecule has 2 bridgehead atoms. The molecule has 6 atom stereocenters. The van der Waals surface area contributed by atoms with Gasteiger partial charge >= 0.3 is 0 Å². The van der Waals surface area contributed by atoms with Crippen LogP contribution in [0.15, 0.2) is 12.4 Å². The number of anilines is 1. The number of hydrogen-bond acceptors (Lipinski definition) is 14. The quantitative estimate of drug-likeness (QED) is 0.153. The number of aliphatic hydroxyl groups is 1. The molecule has 0 aromatic carbocycles. The second kappa shape index (κ2) is 37.8. The third-order valence-electron chi connectivity index (χ3n) is 17.4. The Balaban J connectivity index is 0.000000292. The van der Waals surface area contributed by atoms with Crippen molar-refractivity contribution in [2.75, 3.05) is 136 Å². The average molecular weight is 1230 g/mol. The topological polar surface area (TPSA) is 108 Å². The minimum Gasteiger partial charge on any atom is -0.485 e. The molecule has 4 unspecified atom stereocenters. The van der Waals surface area contributed by atoms with Gasteiger partial charge < -0.3 is 34.4 Å². The molecule has 7 aliphatic rings. The fourth-order valence-electron chi connectivity index (χ4n) is 13.1. The summed E-state index contributed by atoms with van der Waals surface area (Å²) in [5.41, 5.74) is 0.917. The molecule has 87 heavy (non-hydrogen) atoms. The maximum absolute atomic E-state index is 9.03. The summed E-state index contributed by atoms with van der Waals surface area (Å²) in [5, 5.41) is 12.5. The van der Waals surface area contributed by atoms with Crippen molar-refractivity contribution >= 4 is 5.95 Å². The van der Waals surface area contributed by atoms with Crippen molar-refractivity contribution in [3.05, 3.63) is 12.4 Å². The van der Waals surface area contributed by atoms with Crippen LogP contribution in [0.3, 0.4) is 0 Å². The van der Waals surface area contributed by atoms with Gasteiger partial charge in [0, 0.05) is 141 Å². The summed E-state index contributed by atoms with van der Waals surface area (Å²) in [6, 6.07) is 2.47. The van der Waals surface area contributed by atoms with Crippen LogP contribution in [0.4, 0.5) is 5.95 Å². The van der Waals surface area contributed by atoms with E-state index in [2.05, 4.69) is 195 Å². The molecule has 0 spiro atoms. The second-order valence-electron chi connectivity index (χ2n) is 34.6. The zero-order valence-electron chi connectivity index (χ0n) is 61.9. The first kappa shape index (κ1) is 79.5. The van der Waals surface area contributed by atoms with Crippen LogP contribution in [-0.4, -0.2) is 222 Å². The standard InChI is InChI=1S/C18H32N4O2.C17H34N2.2C15H30N2O.2C4H10/c1-17(2,3)23-12-11-21-7-9-22(10-8-21)16-19-13-15(14-20-16)24-18(4,5)6;1-16(2,3)9-7-8-10-18-12-15-11-14(18)13-19(15)17(4,5)6;1-15(2,3)17-9-7-16(8-10-17)14-5-4-13(12-14)6-11-18;1-15(2,3)18-12-14-5-4-13(10-14)11-17-8-6-16-7-9-17;2*1-4(2)3/h13-14H,7-12H2,1-6H3;14-15H,7-13H2,1-6H3;13-14,18H,4-12H2,1-3H3;13-14,16H,4-12H2,1-3H3;2*4H,1-3H3/t;14-,15-;;;;/m.1..../s1. The largest absolute Gasteiger partial charge is 0.485 e. The lowest BCUT2D eigenvalue weighted by Gasteiger charge is -2.44. The lowest BCUT2D eigenvalue weighted by molar-refractivity contribution is -0.0218.